The minimum Gasteiger partial charge on any atom is -0.0654 e. The van der Waals surface area contributed by atoms with E-state index in [0.29, 0.717) is 0 Å². The van der Waals surface area contributed by atoms with Gasteiger partial charge < -0.3 is 0 Å². The third-order valence-electron chi connectivity index (χ3n) is 8.24. The van der Waals surface area contributed by atoms with E-state index in [1.54, 1.807) is 49.9 Å². The molecule has 200 valence electrons. The van der Waals surface area contributed by atoms with Gasteiger partial charge in [0.15, 0.2) is 0 Å². The van der Waals surface area contributed by atoms with Crippen LogP contribution in [0.1, 0.15) is 182 Å². The summed E-state index contributed by atoms with van der Waals surface area (Å²) >= 11 is 0. The van der Waals surface area contributed by atoms with E-state index in [9.17, 15) is 0 Å². The highest BCUT2D eigenvalue weighted by Crippen LogP contribution is 2.35. The summed E-state index contributed by atoms with van der Waals surface area (Å²) in [4.78, 5) is 0. The van der Waals surface area contributed by atoms with Crippen LogP contribution in [0.15, 0.2) is 0 Å². The Morgan fingerprint density at radius 2 is 0.424 bits per heavy atom. The maximum Gasteiger partial charge on any atom is 0.0535 e. The van der Waals surface area contributed by atoms with Crippen molar-refractivity contribution in [2.45, 2.75) is 206 Å². The van der Waals surface area contributed by atoms with Crippen LogP contribution in [0.4, 0.5) is 0 Å². The van der Waals surface area contributed by atoms with Crippen LogP contribution in [0, 0.1) is 0 Å². The zero-order valence-corrected chi connectivity index (χ0v) is 25.3. The van der Waals surface area contributed by atoms with Crippen molar-refractivity contribution in [3.8, 4) is 0 Å². The molecule has 0 saturated heterocycles. The van der Waals surface area contributed by atoms with Gasteiger partial charge in [-0.2, -0.15) is 0 Å². The van der Waals surface area contributed by atoms with Crippen LogP contribution in [-0.2, 0) is 0 Å². The van der Waals surface area contributed by atoms with Crippen molar-refractivity contribution in [3.63, 3.8) is 0 Å². The minimum absolute atomic E-state index is 1.07. The SMILES string of the molecule is CCCCCCCC[Si](CCCCCCCC)(CCCCCCCC)CCCCCCCC. The second-order valence-electron chi connectivity index (χ2n) is 11.6. The van der Waals surface area contributed by atoms with Crippen LogP contribution in [0.5, 0.6) is 0 Å². The van der Waals surface area contributed by atoms with Gasteiger partial charge in [-0.05, 0) is 0 Å². The normalized spacial score (nSPS) is 12.0. The number of unbranched alkanes of at least 4 members (excludes halogenated alkanes) is 20. The second-order valence-corrected chi connectivity index (χ2v) is 16.6. The fraction of sp³-hybridized carbons (Fsp3) is 1.00. The van der Waals surface area contributed by atoms with E-state index >= 15 is 0 Å². The second kappa shape index (κ2) is 26.8. The molecule has 33 heavy (non-hydrogen) atoms. The highest BCUT2D eigenvalue weighted by atomic mass is 28.3. The molecule has 0 aliphatic rings. The smallest absolute Gasteiger partial charge is 0.0535 e. The molecule has 0 rings (SSSR count). The molecular weight excluding hydrogens is 412 g/mol. The van der Waals surface area contributed by atoms with Crippen LogP contribution in [-0.4, -0.2) is 8.07 Å². The summed E-state index contributed by atoms with van der Waals surface area (Å²) in [5, 5.41) is 0. The number of hydrogen-bond donors (Lipinski definition) is 0. The van der Waals surface area contributed by atoms with E-state index in [1.807, 2.05) is 0 Å². The largest absolute Gasteiger partial charge is 0.0654 e. The lowest BCUT2D eigenvalue weighted by Crippen LogP contribution is -2.34. The molecule has 0 N–H and O–H groups in total. The Kier molecular flexibility index (Phi) is 27.0. The third kappa shape index (κ3) is 22.4. The van der Waals surface area contributed by atoms with Crippen LogP contribution in [0.25, 0.3) is 0 Å². The van der Waals surface area contributed by atoms with E-state index in [0.717, 1.165) is 0 Å². The maximum atomic E-state index is 2.35. The van der Waals surface area contributed by atoms with Crippen LogP contribution < -0.4 is 0 Å². The fourth-order valence-corrected chi connectivity index (χ4v) is 11.4. The van der Waals surface area contributed by atoms with E-state index in [4.69, 9.17) is 0 Å². The van der Waals surface area contributed by atoms with Gasteiger partial charge in [0.25, 0.3) is 0 Å². The molecule has 0 aromatic carbocycles. The molecule has 0 aromatic rings. The van der Waals surface area contributed by atoms with Gasteiger partial charge >= 0.3 is 0 Å². The predicted octanol–water partition coefficient (Wildman–Crippen LogP) is 12.9. The lowest BCUT2D eigenvalue weighted by atomic mass is 10.1. The molecule has 0 bridgehead atoms. The molecule has 0 nitrogen and oxygen atoms in total. The van der Waals surface area contributed by atoms with Crippen LogP contribution in [0.3, 0.4) is 0 Å². The van der Waals surface area contributed by atoms with Gasteiger partial charge in [-0.25, -0.2) is 0 Å². The standard InChI is InChI=1S/C32H68Si/c1-5-9-13-17-21-25-29-33(30-26-22-18-14-10-6-2,31-27-23-19-15-11-7-3)32-28-24-20-16-12-8-4/h5-32H2,1-4H3. The van der Waals surface area contributed by atoms with Crippen LogP contribution >= 0.6 is 0 Å². The Balaban J connectivity index is 4.74. The van der Waals surface area contributed by atoms with Crippen LogP contribution in [0.2, 0.25) is 24.2 Å². The Hall–Kier alpha value is 0.217. The molecule has 1 heteroatoms. The monoisotopic (exact) mass is 481 g/mol. The molecule has 0 aliphatic carbocycles. The van der Waals surface area contributed by atoms with Gasteiger partial charge in [-0.15, -0.1) is 0 Å². The molecule has 0 aromatic heterocycles. The van der Waals surface area contributed by atoms with Gasteiger partial charge in [0, 0.05) is 0 Å². The minimum atomic E-state index is -1.07. The molecule has 0 heterocycles. The quantitative estimate of drug-likeness (QED) is 0.0771. The molecule has 0 radical (unpaired) electrons. The highest BCUT2D eigenvalue weighted by Gasteiger charge is 2.30. The summed E-state index contributed by atoms with van der Waals surface area (Å²) in [5.74, 6) is 0. The molecule has 0 saturated carbocycles. The number of rotatable bonds is 28. The summed E-state index contributed by atoms with van der Waals surface area (Å²) in [7, 11) is -1.07. The summed E-state index contributed by atoms with van der Waals surface area (Å²) in [6, 6.07) is 6.71. The van der Waals surface area contributed by atoms with Crippen molar-refractivity contribution in [2.24, 2.45) is 0 Å². The fourth-order valence-electron chi connectivity index (χ4n) is 5.87. The first kappa shape index (κ1) is 33.2. The van der Waals surface area contributed by atoms with E-state index in [1.165, 1.54) is 128 Å². The molecule has 0 fully saturated rings. The summed E-state index contributed by atoms with van der Waals surface area (Å²) in [6.07, 6.45) is 35.7. The number of hydrogen-bond acceptors (Lipinski definition) is 0. The maximum absolute atomic E-state index is 2.35. The van der Waals surface area contributed by atoms with Crippen molar-refractivity contribution in [1.82, 2.24) is 0 Å². The molecule has 0 atom stereocenters. The summed E-state index contributed by atoms with van der Waals surface area (Å²) in [6.45, 7) is 9.39. The highest BCUT2D eigenvalue weighted by molar-refractivity contribution is 6.79. The van der Waals surface area contributed by atoms with Gasteiger partial charge in [0.2, 0.25) is 0 Å². The average molecular weight is 481 g/mol. The Labute approximate surface area is 213 Å². The summed E-state index contributed by atoms with van der Waals surface area (Å²) in [5.41, 5.74) is 0. The molecular formula is C32H68Si. The van der Waals surface area contributed by atoms with Crippen molar-refractivity contribution < 1.29 is 0 Å². The lowest BCUT2D eigenvalue weighted by Gasteiger charge is -2.33. The Bertz CT molecular complexity index is 281. The molecule has 0 spiro atoms. The zero-order chi connectivity index (χ0) is 24.3. The Morgan fingerprint density at radius 3 is 0.636 bits per heavy atom. The molecule has 0 unspecified atom stereocenters. The van der Waals surface area contributed by atoms with E-state index < -0.39 is 8.07 Å². The van der Waals surface area contributed by atoms with Crippen molar-refractivity contribution in [2.75, 3.05) is 0 Å². The molecule has 0 amide bonds. The van der Waals surface area contributed by atoms with E-state index in [-0.39, 0.29) is 0 Å². The van der Waals surface area contributed by atoms with Gasteiger partial charge in [0.05, 0.1) is 8.07 Å². The molecule has 0 aliphatic heterocycles. The summed E-state index contributed by atoms with van der Waals surface area (Å²) < 4.78 is 0. The van der Waals surface area contributed by atoms with E-state index in [2.05, 4.69) is 27.7 Å². The van der Waals surface area contributed by atoms with Gasteiger partial charge in [-0.3, -0.25) is 0 Å². The van der Waals surface area contributed by atoms with Gasteiger partial charge in [-0.1, -0.05) is 206 Å². The zero-order valence-electron chi connectivity index (χ0n) is 24.3. The first-order chi connectivity index (χ1) is 16.2. The first-order valence-electron chi connectivity index (χ1n) is 16.2. The predicted molar refractivity (Wildman–Crippen MR) is 158 cm³/mol. The van der Waals surface area contributed by atoms with Crippen molar-refractivity contribution >= 4 is 8.07 Å². The van der Waals surface area contributed by atoms with Crippen molar-refractivity contribution in [1.29, 1.82) is 0 Å². The van der Waals surface area contributed by atoms with Crippen molar-refractivity contribution in [3.05, 3.63) is 0 Å². The topological polar surface area (TPSA) is 0 Å². The Morgan fingerprint density at radius 1 is 0.242 bits per heavy atom. The average Bonchev–Trinajstić information content (AvgIpc) is 2.83. The third-order valence-corrected chi connectivity index (χ3v) is 13.9. The van der Waals surface area contributed by atoms with Gasteiger partial charge in [0.1, 0.15) is 0 Å². The first-order valence-corrected chi connectivity index (χ1v) is 19.1. The lowest BCUT2D eigenvalue weighted by molar-refractivity contribution is 0.597.